The lowest BCUT2D eigenvalue weighted by molar-refractivity contribution is -0.153. The molecule has 2 amide bonds. The topological polar surface area (TPSA) is 93.1 Å². The van der Waals surface area contributed by atoms with E-state index in [1.807, 2.05) is 60.0 Å². The van der Waals surface area contributed by atoms with Crippen LogP contribution in [0.2, 0.25) is 5.02 Å². The van der Waals surface area contributed by atoms with Gasteiger partial charge in [0.1, 0.15) is 0 Å². The first-order chi connectivity index (χ1) is 16.4. The van der Waals surface area contributed by atoms with Gasteiger partial charge in [-0.2, -0.15) is 0 Å². The molecule has 0 saturated carbocycles. The number of nitrogens with one attached hydrogen (secondary N) is 1. The van der Waals surface area contributed by atoms with E-state index in [1.165, 1.54) is 16.7 Å². The number of carbonyl (C=O) groups is 2. The van der Waals surface area contributed by atoms with Crippen LogP contribution in [0.15, 0.2) is 71.5 Å². The number of hydrogen-bond acceptors (Lipinski definition) is 6. The van der Waals surface area contributed by atoms with Crippen molar-refractivity contribution in [2.45, 2.75) is 12.2 Å². The van der Waals surface area contributed by atoms with E-state index in [2.05, 4.69) is 16.8 Å². The Morgan fingerprint density at radius 2 is 1.68 bits per heavy atom. The summed E-state index contributed by atoms with van der Waals surface area (Å²) in [5, 5.41) is 25.5. The van der Waals surface area contributed by atoms with Gasteiger partial charge in [-0.25, -0.2) is 0 Å². The number of nitrogens with zero attached hydrogens (tertiary/aromatic N) is 2. The number of rotatable bonds is 9. The van der Waals surface area contributed by atoms with Gasteiger partial charge in [0.15, 0.2) is 12.2 Å². The van der Waals surface area contributed by atoms with E-state index in [0.717, 1.165) is 11.3 Å². The molecule has 1 aliphatic heterocycles. The standard InChI is InChI=1S/C25H28ClN3O4S/c1-18(34-16-11-19-7-3-2-4-8-19)17-27-24(32)22(30)23(31)25(33)29-14-12-28(13-15-29)21-10-6-5-9-20(21)26/h2-11,16,22-23,30-31H,1,12-15,17H2,(H,27,32)/b16-11+/t22-,23-/m1/s1. The second kappa shape index (κ2) is 12.6. The molecule has 34 heavy (non-hydrogen) atoms. The number of anilines is 1. The third-order valence-electron chi connectivity index (χ3n) is 5.36. The highest BCUT2D eigenvalue weighted by molar-refractivity contribution is 8.05. The van der Waals surface area contributed by atoms with Gasteiger partial charge in [0.05, 0.1) is 10.7 Å². The SMILES string of the molecule is C=C(CNC(=O)[C@H](O)[C@@H](O)C(=O)N1CCN(c2ccccc2Cl)CC1)S/C=C/c1ccccc1. The molecule has 2 atom stereocenters. The quantitative estimate of drug-likeness (QED) is 0.489. The second-order valence-corrected chi connectivity index (χ2v) is 9.23. The molecule has 1 heterocycles. The maximum atomic E-state index is 12.6. The first kappa shape index (κ1) is 25.8. The van der Waals surface area contributed by atoms with E-state index in [4.69, 9.17) is 11.6 Å². The molecule has 1 saturated heterocycles. The van der Waals surface area contributed by atoms with Crippen LogP contribution in [0.5, 0.6) is 0 Å². The van der Waals surface area contributed by atoms with Crippen molar-refractivity contribution in [1.29, 1.82) is 0 Å². The van der Waals surface area contributed by atoms with Crippen LogP contribution in [0.3, 0.4) is 0 Å². The number of hydrogen-bond donors (Lipinski definition) is 3. The summed E-state index contributed by atoms with van der Waals surface area (Å²) in [6, 6.07) is 17.2. The van der Waals surface area contributed by atoms with Crippen LogP contribution in [0.1, 0.15) is 5.56 Å². The van der Waals surface area contributed by atoms with E-state index in [1.54, 1.807) is 6.07 Å². The highest BCUT2D eigenvalue weighted by atomic mass is 35.5. The molecule has 7 nitrogen and oxygen atoms in total. The first-order valence-corrected chi connectivity index (χ1v) is 12.1. The second-order valence-electron chi connectivity index (χ2n) is 7.74. The fraction of sp³-hybridized carbons (Fsp3) is 0.280. The molecule has 1 aliphatic rings. The number of aliphatic hydroxyl groups excluding tert-OH is 2. The van der Waals surface area contributed by atoms with E-state index >= 15 is 0 Å². The van der Waals surface area contributed by atoms with Crippen LogP contribution >= 0.6 is 23.4 Å². The van der Waals surface area contributed by atoms with Gasteiger partial charge in [-0.15, -0.1) is 11.8 Å². The van der Waals surface area contributed by atoms with Crippen LogP contribution in [-0.2, 0) is 9.59 Å². The Morgan fingerprint density at radius 3 is 2.35 bits per heavy atom. The van der Waals surface area contributed by atoms with Crippen molar-refractivity contribution in [3.63, 3.8) is 0 Å². The number of thioether (sulfide) groups is 1. The molecule has 0 aromatic heterocycles. The number of halogens is 1. The Balaban J connectivity index is 1.42. The predicted octanol–water partition coefficient (Wildman–Crippen LogP) is 2.74. The molecule has 0 bridgehead atoms. The largest absolute Gasteiger partial charge is 0.380 e. The zero-order valence-electron chi connectivity index (χ0n) is 18.6. The molecule has 0 radical (unpaired) electrons. The monoisotopic (exact) mass is 501 g/mol. The van der Waals surface area contributed by atoms with Gasteiger partial charge in [0, 0.05) is 37.6 Å². The molecule has 180 valence electrons. The Labute approximate surface area is 208 Å². The third kappa shape index (κ3) is 7.11. The Bertz CT molecular complexity index is 1030. The number of benzene rings is 2. The molecular formula is C25H28ClN3O4S. The van der Waals surface area contributed by atoms with E-state index in [0.29, 0.717) is 36.1 Å². The summed E-state index contributed by atoms with van der Waals surface area (Å²) >= 11 is 7.58. The van der Waals surface area contributed by atoms with Crippen LogP contribution in [0.25, 0.3) is 6.08 Å². The summed E-state index contributed by atoms with van der Waals surface area (Å²) in [6.07, 6.45) is -1.79. The van der Waals surface area contributed by atoms with Gasteiger partial charge in [-0.3, -0.25) is 9.59 Å². The summed E-state index contributed by atoms with van der Waals surface area (Å²) in [7, 11) is 0. The summed E-state index contributed by atoms with van der Waals surface area (Å²) < 4.78 is 0. The molecule has 2 aromatic carbocycles. The predicted molar refractivity (Wildman–Crippen MR) is 137 cm³/mol. The minimum absolute atomic E-state index is 0.0944. The van der Waals surface area contributed by atoms with Crippen LogP contribution in [0.4, 0.5) is 5.69 Å². The minimum Gasteiger partial charge on any atom is -0.380 e. The summed E-state index contributed by atoms with van der Waals surface area (Å²) in [5.41, 5.74) is 1.92. The van der Waals surface area contributed by atoms with Crippen molar-refractivity contribution in [2.24, 2.45) is 0 Å². The van der Waals surface area contributed by atoms with Crippen molar-refractivity contribution in [3.05, 3.63) is 82.1 Å². The van der Waals surface area contributed by atoms with Gasteiger partial charge in [-0.05, 0) is 29.2 Å². The molecule has 1 fully saturated rings. The zero-order chi connectivity index (χ0) is 24.5. The lowest BCUT2D eigenvalue weighted by Gasteiger charge is -2.37. The molecule has 3 rings (SSSR count). The molecule has 3 N–H and O–H groups in total. The molecular weight excluding hydrogens is 474 g/mol. The number of aliphatic hydroxyl groups is 2. The fourth-order valence-electron chi connectivity index (χ4n) is 3.45. The normalized spacial score (nSPS) is 15.7. The zero-order valence-corrected chi connectivity index (χ0v) is 20.2. The highest BCUT2D eigenvalue weighted by Crippen LogP contribution is 2.26. The molecule has 0 unspecified atom stereocenters. The van der Waals surface area contributed by atoms with Crippen molar-refractivity contribution in [3.8, 4) is 0 Å². The summed E-state index contributed by atoms with van der Waals surface area (Å²) in [6.45, 7) is 5.71. The van der Waals surface area contributed by atoms with Crippen molar-refractivity contribution in [2.75, 3.05) is 37.6 Å². The minimum atomic E-state index is -1.87. The summed E-state index contributed by atoms with van der Waals surface area (Å²) in [5.74, 6) is -1.51. The van der Waals surface area contributed by atoms with Gasteiger partial charge in [0.25, 0.3) is 11.8 Å². The Morgan fingerprint density at radius 1 is 1.03 bits per heavy atom. The van der Waals surface area contributed by atoms with E-state index < -0.39 is 24.0 Å². The van der Waals surface area contributed by atoms with Gasteiger partial charge in [0.2, 0.25) is 0 Å². The molecule has 0 aliphatic carbocycles. The van der Waals surface area contributed by atoms with Crippen LogP contribution < -0.4 is 10.2 Å². The average Bonchev–Trinajstić information content (AvgIpc) is 2.87. The molecule has 9 heteroatoms. The van der Waals surface area contributed by atoms with E-state index in [9.17, 15) is 19.8 Å². The van der Waals surface area contributed by atoms with Crippen molar-refractivity contribution in [1.82, 2.24) is 10.2 Å². The van der Waals surface area contributed by atoms with Crippen molar-refractivity contribution >= 4 is 46.9 Å². The van der Waals surface area contributed by atoms with Gasteiger partial charge < -0.3 is 25.3 Å². The number of piperazine rings is 1. The van der Waals surface area contributed by atoms with Gasteiger partial charge in [-0.1, -0.05) is 60.6 Å². The Kier molecular flexibility index (Phi) is 9.59. The smallest absolute Gasteiger partial charge is 0.254 e. The molecule has 0 spiro atoms. The summed E-state index contributed by atoms with van der Waals surface area (Å²) in [4.78, 5) is 29.0. The Hall–Kier alpha value is -2.78. The maximum Gasteiger partial charge on any atom is 0.254 e. The number of amides is 2. The van der Waals surface area contributed by atoms with Gasteiger partial charge >= 0.3 is 0 Å². The number of para-hydroxylation sites is 1. The molecule has 2 aromatic rings. The third-order valence-corrected chi connectivity index (χ3v) is 6.43. The van der Waals surface area contributed by atoms with Crippen LogP contribution in [-0.4, -0.2) is 71.9 Å². The fourth-order valence-corrected chi connectivity index (χ4v) is 4.27. The van der Waals surface area contributed by atoms with E-state index in [-0.39, 0.29) is 6.54 Å². The lowest BCUT2D eigenvalue weighted by Crippen LogP contribution is -2.55. The number of carbonyl (C=O) groups excluding carboxylic acids is 2. The highest BCUT2D eigenvalue weighted by Gasteiger charge is 2.34. The van der Waals surface area contributed by atoms with Crippen molar-refractivity contribution < 1.29 is 19.8 Å². The lowest BCUT2D eigenvalue weighted by atomic mass is 10.1. The average molecular weight is 502 g/mol. The first-order valence-electron chi connectivity index (χ1n) is 10.8. The van der Waals surface area contributed by atoms with Crippen LogP contribution in [0, 0.1) is 0 Å². The maximum absolute atomic E-state index is 12.6.